The van der Waals surface area contributed by atoms with E-state index in [9.17, 15) is 15.2 Å². The smallest absolute Gasteiger partial charge is 0.306 e. The van der Waals surface area contributed by atoms with Crippen molar-refractivity contribution in [3.05, 3.63) is 46.8 Å². The lowest BCUT2D eigenvalue weighted by Crippen LogP contribution is -2.37. The molecule has 0 aliphatic carbocycles. The van der Waals surface area contributed by atoms with Gasteiger partial charge in [-0.25, -0.2) is 0 Å². The summed E-state index contributed by atoms with van der Waals surface area (Å²) in [4.78, 5) is 14.7. The standard InChI is InChI=1S/C17H23N5O3/c1-13-8-19(2)16-5-3-4-6-17(16)20(9-13)11-15(23)12-21-10-14(7-18-21)22(24)25/h3-7,10,13,15,23H,8-9,11-12H2,1-2H3/t13-,15+/m1/s1. The van der Waals surface area contributed by atoms with Crippen molar-refractivity contribution >= 4 is 17.1 Å². The molecule has 0 radical (unpaired) electrons. The predicted molar refractivity (Wildman–Crippen MR) is 96.0 cm³/mol. The molecule has 0 saturated carbocycles. The van der Waals surface area contributed by atoms with E-state index in [4.69, 9.17) is 0 Å². The van der Waals surface area contributed by atoms with Crippen molar-refractivity contribution in [2.45, 2.75) is 19.6 Å². The van der Waals surface area contributed by atoms with Crippen molar-refractivity contribution in [2.24, 2.45) is 5.92 Å². The van der Waals surface area contributed by atoms with E-state index >= 15 is 0 Å². The fraction of sp³-hybridized carbons (Fsp3) is 0.471. The Bertz CT molecular complexity index is 747. The lowest BCUT2D eigenvalue weighted by atomic mass is 10.1. The van der Waals surface area contributed by atoms with Gasteiger partial charge in [0, 0.05) is 26.7 Å². The van der Waals surface area contributed by atoms with Gasteiger partial charge in [-0.3, -0.25) is 14.8 Å². The quantitative estimate of drug-likeness (QED) is 0.656. The second-order valence-corrected chi connectivity index (χ2v) is 6.71. The van der Waals surface area contributed by atoms with Gasteiger partial charge in [-0.1, -0.05) is 19.1 Å². The summed E-state index contributed by atoms with van der Waals surface area (Å²) in [6.07, 6.45) is 1.87. The van der Waals surface area contributed by atoms with E-state index in [0.29, 0.717) is 12.5 Å². The van der Waals surface area contributed by atoms with E-state index in [1.165, 1.54) is 17.1 Å². The molecule has 134 valence electrons. The minimum Gasteiger partial charge on any atom is -0.389 e. The van der Waals surface area contributed by atoms with Gasteiger partial charge in [-0.05, 0) is 18.1 Å². The van der Waals surface area contributed by atoms with Gasteiger partial charge < -0.3 is 14.9 Å². The monoisotopic (exact) mass is 345 g/mol. The van der Waals surface area contributed by atoms with Crippen LogP contribution in [0.1, 0.15) is 6.92 Å². The summed E-state index contributed by atoms with van der Waals surface area (Å²) in [6.45, 7) is 4.66. The van der Waals surface area contributed by atoms with Gasteiger partial charge in [0.05, 0.1) is 28.9 Å². The fourth-order valence-electron chi connectivity index (χ4n) is 3.40. The zero-order valence-electron chi connectivity index (χ0n) is 14.4. The molecule has 25 heavy (non-hydrogen) atoms. The normalized spacial score (nSPS) is 18.6. The molecule has 2 aromatic rings. The number of β-amino-alcohol motifs (C(OH)–C–C–N with tert-alkyl or cyclic N) is 1. The van der Waals surface area contributed by atoms with E-state index in [-0.39, 0.29) is 12.2 Å². The first kappa shape index (κ1) is 17.2. The summed E-state index contributed by atoms with van der Waals surface area (Å²) in [6, 6.07) is 8.17. The molecule has 1 aliphatic rings. The number of anilines is 2. The van der Waals surface area contributed by atoms with Crippen LogP contribution in [-0.4, -0.2) is 52.6 Å². The van der Waals surface area contributed by atoms with Gasteiger partial charge in [0.15, 0.2) is 0 Å². The van der Waals surface area contributed by atoms with E-state index < -0.39 is 11.0 Å². The lowest BCUT2D eigenvalue weighted by molar-refractivity contribution is -0.385. The predicted octanol–water partition coefficient (Wildman–Crippen LogP) is 1.74. The summed E-state index contributed by atoms with van der Waals surface area (Å²) in [5, 5.41) is 25.2. The molecular formula is C17H23N5O3. The molecule has 2 atom stereocenters. The number of para-hydroxylation sites is 2. The first-order valence-corrected chi connectivity index (χ1v) is 8.34. The number of nitrogens with zero attached hydrogens (tertiary/aromatic N) is 5. The number of rotatable bonds is 5. The van der Waals surface area contributed by atoms with E-state index in [2.05, 4.69) is 41.0 Å². The van der Waals surface area contributed by atoms with Crippen molar-refractivity contribution < 1.29 is 10.0 Å². The third-order valence-electron chi connectivity index (χ3n) is 4.41. The van der Waals surface area contributed by atoms with Crippen LogP contribution >= 0.6 is 0 Å². The SMILES string of the molecule is C[C@@H]1CN(C)c2ccccc2N(C[C@H](O)Cn2cc([N+](=O)[O-])cn2)C1. The number of aliphatic hydroxyl groups is 1. The molecule has 0 fully saturated rings. The third kappa shape index (κ3) is 3.90. The van der Waals surface area contributed by atoms with Crippen molar-refractivity contribution in [1.29, 1.82) is 0 Å². The molecular weight excluding hydrogens is 322 g/mol. The van der Waals surface area contributed by atoms with Crippen LogP contribution in [-0.2, 0) is 6.54 Å². The maximum atomic E-state index is 10.7. The molecule has 1 aromatic heterocycles. The Kier molecular flexibility index (Phi) is 4.89. The molecule has 0 bridgehead atoms. The van der Waals surface area contributed by atoms with Crippen LogP contribution in [0.2, 0.25) is 0 Å². The Hall–Kier alpha value is -2.61. The Morgan fingerprint density at radius 2 is 2.04 bits per heavy atom. The highest BCUT2D eigenvalue weighted by atomic mass is 16.6. The highest BCUT2D eigenvalue weighted by molar-refractivity contribution is 5.72. The van der Waals surface area contributed by atoms with Gasteiger partial charge in [0.1, 0.15) is 12.4 Å². The molecule has 1 aliphatic heterocycles. The molecule has 0 amide bonds. The van der Waals surface area contributed by atoms with Crippen LogP contribution in [0.5, 0.6) is 0 Å². The van der Waals surface area contributed by atoms with Crippen LogP contribution in [0.25, 0.3) is 0 Å². The molecule has 3 rings (SSSR count). The zero-order valence-corrected chi connectivity index (χ0v) is 14.4. The van der Waals surface area contributed by atoms with Gasteiger partial charge in [0.25, 0.3) is 0 Å². The molecule has 0 unspecified atom stereocenters. The fourth-order valence-corrected chi connectivity index (χ4v) is 3.40. The Morgan fingerprint density at radius 1 is 1.32 bits per heavy atom. The number of aromatic nitrogens is 2. The van der Waals surface area contributed by atoms with E-state index in [1.54, 1.807) is 0 Å². The van der Waals surface area contributed by atoms with Crippen molar-refractivity contribution in [2.75, 3.05) is 36.5 Å². The number of aliphatic hydroxyl groups excluding tert-OH is 1. The average Bonchev–Trinajstić information content (AvgIpc) is 2.98. The van der Waals surface area contributed by atoms with Crippen LogP contribution in [0.15, 0.2) is 36.7 Å². The van der Waals surface area contributed by atoms with Crippen LogP contribution in [0.3, 0.4) is 0 Å². The minimum absolute atomic E-state index is 0.0671. The average molecular weight is 345 g/mol. The first-order valence-electron chi connectivity index (χ1n) is 8.34. The number of fused-ring (bicyclic) bond motifs is 1. The number of benzene rings is 1. The van der Waals surface area contributed by atoms with Crippen molar-refractivity contribution in [3.63, 3.8) is 0 Å². The molecule has 1 N–H and O–H groups in total. The molecule has 8 heteroatoms. The van der Waals surface area contributed by atoms with Crippen LogP contribution in [0, 0.1) is 16.0 Å². The van der Waals surface area contributed by atoms with Crippen molar-refractivity contribution in [3.8, 4) is 0 Å². The van der Waals surface area contributed by atoms with Crippen LogP contribution < -0.4 is 9.80 Å². The second-order valence-electron chi connectivity index (χ2n) is 6.71. The van der Waals surface area contributed by atoms with Gasteiger partial charge >= 0.3 is 5.69 Å². The van der Waals surface area contributed by atoms with Gasteiger partial charge in [0.2, 0.25) is 0 Å². The maximum absolute atomic E-state index is 10.7. The summed E-state index contributed by atoms with van der Waals surface area (Å²) < 4.78 is 1.42. The summed E-state index contributed by atoms with van der Waals surface area (Å²) >= 11 is 0. The molecule has 8 nitrogen and oxygen atoms in total. The number of nitro groups is 1. The number of hydrogen-bond donors (Lipinski definition) is 1. The molecule has 2 heterocycles. The Labute approximate surface area is 146 Å². The van der Waals surface area contributed by atoms with Crippen LogP contribution in [0.4, 0.5) is 17.1 Å². The van der Waals surface area contributed by atoms with Gasteiger partial charge in [-0.15, -0.1) is 0 Å². The summed E-state index contributed by atoms with van der Waals surface area (Å²) in [5.41, 5.74) is 2.18. The zero-order chi connectivity index (χ0) is 18.0. The topological polar surface area (TPSA) is 87.7 Å². The summed E-state index contributed by atoms with van der Waals surface area (Å²) in [5.74, 6) is 0.454. The molecule has 1 aromatic carbocycles. The Morgan fingerprint density at radius 3 is 2.72 bits per heavy atom. The van der Waals surface area contributed by atoms with Crippen molar-refractivity contribution in [1.82, 2.24) is 9.78 Å². The third-order valence-corrected chi connectivity index (χ3v) is 4.41. The first-order chi connectivity index (χ1) is 11.9. The highest BCUT2D eigenvalue weighted by Crippen LogP contribution is 2.32. The second kappa shape index (κ2) is 7.10. The maximum Gasteiger partial charge on any atom is 0.306 e. The minimum atomic E-state index is -0.678. The lowest BCUT2D eigenvalue weighted by Gasteiger charge is -2.28. The highest BCUT2D eigenvalue weighted by Gasteiger charge is 2.24. The van der Waals surface area contributed by atoms with Gasteiger partial charge in [-0.2, -0.15) is 5.10 Å². The number of hydrogen-bond acceptors (Lipinski definition) is 6. The largest absolute Gasteiger partial charge is 0.389 e. The molecule has 0 spiro atoms. The summed E-state index contributed by atoms with van der Waals surface area (Å²) in [7, 11) is 2.08. The molecule has 0 saturated heterocycles. The van der Waals surface area contributed by atoms with E-state index in [0.717, 1.165) is 24.5 Å². The van der Waals surface area contributed by atoms with E-state index in [1.807, 2.05) is 12.1 Å². The Balaban J connectivity index is 1.73.